The van der Waals surface area contributed by atoms with Gasteiger partial charge in [-0.2, -0.15) is 0 Å². The van der Waals surface area contributed by atoms with Crippen LogP contribution in [0.3, 0.4) is 0 Å². The lowest BCUT2D eigenvalue weighted by atomic mass is 9.87. The molecule has 0 spiro atoms. The minimum Gasteiger partial charge on any atom is -0.359 e. The van der Waals surface area contributed by atoms with E-state index in [1.807, 2.05) is 0 Å². The number of piperidine rings is 1. The van der Waals surface area contributed by atoms with E-state index >= 15 is 0 Å². The maximum Gasteiger partial charge on any atom is 0.224 e. The zero-order valence-corrected chi connectivity index (χ0v) is 12.5. The topological polar surface area (TPSA) is 44.4 Å². The maximum absolute atomic E-state index is 11.8. The number of rotatable bonds is 4. The Kier molecular flexibility index (Phi) is 5.64. The molecule has 2 N–H and O–H groups in total. The molecule has 1 aliphatic carbocycles. The highest BCUT2D eigenvalue weighted by atomic mass is 16.1. The second-order valence-corrected chi connectivity index (χ2v) is 6.01. The van der Waals surface area contributed by atoms with Crippen LogP contribution < -0.4 is 10.6 Å². The van der Waals surface area contributed by atoms with Crippen molar-refractivity contribution in [1.82, 2.24) is 15.5 Å². The summed E-state index contributed by atoms with van der Waals surface area (Å²) in [6, 6.07) is 1.43. The van der Waals surface area contributed by atoms with Crippen LogP contribution in [-0.2, 0) is 4.79 Å². The third kappa shape index (κ3) is 3.93. The van der Waals surface area contributed by atoms with Crippen molar-refractivity contribution in [3.8, 4) is 0 Å². The molecule has 0 aromatic rings. The van der Waals surface area contributed by atoms with Crippen LogP contribution in [0.25, 0.3) is 0 Å². The number of carbonyl (C=O) groups is 1. The highest BCUT2D eigenvalue weighted by molar-refractivity contribution is 5.78. The molecule has 1 atom stereocenters. The quantitative estimate of drug-likeness (QED) is 0.808. The number of carbonyl (C=O) groups excluding carboxylic acids is 1. The van der Waals surface area contributed by atoms with Crippen molar-refractivity contribution < 1.29 is 4.79 Å². The van der Waals surface area contributed by atoms with Crippen LogP contribution in [-0.4, -0.2) is 49.6 Å². The van der Waals surface area contributed by atoms with Crippen molar-refractivity contribution in [3.05, 3.63) is 0 Å². The SMILES string of the molecule is CCNC1CCC(N2CCCC(C(=O)NC)C2)CC1. The van der Waals surface area contributed by atoms with Gasteiger partial charge in [0.15, 0.2) is 0 Å². The van der Waals surface area contributed by atoms with Crippen LogP contribution in [0.2, 0.25) is 0 Å². The molecule has 19 heavy (non-hydrogen) atoms. The molecule has 1 amide bonds. The minimum atomic E-state index is 0.213. The van der Waals surface area contributed by atoms with E-state index in [1.165, 1.54) is 38.6 Å². The highest BCUT2D eigenvalue weighted by Crippen LogP contribution is 2.27. The van der Waals surface area contributed by atoms with Crippen LogP contribution >= 0.6 is 0 Å². The van der Waals surface area contributed by atoms with E-state index in [4.69, 9.17) is 0 Å². The standard InChI is InChI=1S/C15H29N3O/c1-3-17-13-6-8-14(9-7-13)18-10-4-5-12(11-18)15(19)16-2/h12-14,17H,3-11H2,1-2H3,(H,16,19). The van der Waals surface area contributed by atoms with Crippen LogP contribution in [0.4, 0.5) is 0 Å². The molecule has 0 aromatic carbocycles. The van der Waals surface area contributed by atoms with Gasteiger partial charge in [-0.15, -0.1) is 0 Å². The molecule has 0 radical (unpaired) electrons. The van der Waals surface area contributed by atoms with E-state index in [0.29, 0.717) is 6.04 Å². The molecule has 0 bridgehead atoms. The van der Waals surface area contributed by atoms with Gasteiger partial charge in [0.2, 0.25) is 5.91 Å². The zero-order valence-electron chi connectivity index (χ0n) is 12.5. The Hall–Kier alpha value is -0.610. The Labute approximate surface area is 117 Å². The molecule has 1 unspecified atom stereocenters. The number of nitrogens with one attached hydrogen (secondary N) is 2. The Morgan fingerprint density at radius 1 is 1.21 bits per heavy atom. The summed E-state index contributed by atoms with van der Waals surface area (Å²) in [4.78, 5) is 14.4. The van der Waals surface area contributed by atoms with Gasteiger partial charge in [-0.25, -0.2) is 0 Å². The van der Waals surface area contributed by atoms with Crippen LogP contribution in [0.15, 0.2) is 0 Å². The molecule has 2 rings (SSSR count). The van der Waals surface area contributed by atoms with Gasteiger partial charge < -0.3 is 10.6 Å². The number of hydrogen-bond acceptors (Lipinski definition) is 3. The second kappa shape index (κ2) is 7.25. The van der Waals surface area contributed by atoms with Gasteiger partial charge in [0, 0.05) is 25.7 Å². The van der Waals surface area contributed by atoms with Gasteiger partial charge in [-0.1, -0.05) is 6.92 Å². The molecule has 1 aliphatic heterocycles. The number of nitrogens with zero attached hydrogens (tertiary/aromatic N) is 1. The van der Waals surface area contributed by atoms with Crippen molar-refractivity contribution in [2.45, 2.75) is 57.5 Å². The third-order valence-electron chi connectivity index (χ3n) is 4.78. The predicted molar refractivity (Wildman–Crippen MR) is 78.1 cm³/mol. The molecule has 1 saturated heterocycles. The van der Waals surface area contributed by atoms with E-state index in [2.05, 4.69) is 22.5 Å². The molecule has 2 aliphatic rings. The molecule has 2 fully saturated rings. The van der Waals surface area contributed by atoms with E-state index < -0.39 is 0 Å². The van der Waals surface area contributed by atoms with Crippen molar-refractivity contribution in [3.63, 3.8) is 0 Å². The summed E-state index contributed by atoms with van der Waals surface area (Å²) in [5, 5.41) is 6.37. The fraction of sp³-hybridized carbons (Fsp3) is 0.933. The predicted octanol–water partition coefficient (Wildman–Crippen LogP) is 1.37. The first-order chi connectivity index (χ1) is 9.24. The number of amides is 1. The summed E-state index contributed by atoms with van der Waals surface area (Å²) >= 11 is 0. The molecular formula is C15H29N3O. The van der Waals surface area contributed by atoms with E-state index in [0.717, 1.165) is 25.6 Å². The maximum atomic E-state index is 11.8. The first-order valence-corrected chi connectivity index (χ1v) is 7.93. The molecule has 4 heteroatoms. The monoisotopic (exact) mass is 267 g/mol. The number of hydrogen-bond donors (Lipinski definition) is 2. The fourth-order valence-electron chi connectivity index (χ4n) is 3.69. The van der Waals surface area contributed by atoms with E-state index in [1.54, 1.807) is 7.05 Å². The summed E-state index contributed by atoms with van der Waals surface area (Å²) in [5.41, 5.74) is 0. The van der Waals surface area contributed by atoms with Crippen LogP contribution in [0, 0.1) is 5.92 Å². The summed E-state index contributed by atoms with van der Waals surface area (Å²) in [5.74, 6) is 0.441. The van der Waals surface area contributed by atoms with E-state index in [-0.39, 0.29) is 11.8 Å². The highest BCUT2D eigenvalue weighted by Gasteiger charge is 2.31. The van der Waals surface area contributed by atoms with Gasteiger partial charge >= 0.3 is 0 Å². The van der Waals surface area contributed by atoms with Gasteiger partial charge in [-0.3, -0.25) is 9.69 Å². The van der Waals surface area contributed by atoms with Crippen molar-refractivity contribution in [2.75, 3.05) is 26.7 Å². The third-order valence-corrected chi connectivity index (χ3v) is 4.78. The van der Waals surface area contributed by atoms with Gasteiger partial charge in [-0.05, 0) is 51.6 Å². The fourth-order valence-corrected chi connectivity index (χ4v) is 3.69. The largest absolute Gasteiger partial charge is 0.359 e. The molecule has 1 saturated carbocycles. The average Bonchev–Trinajstić information content (AvgIpc) is 2.48. The van der Waals surface area contributed by atoms with Crippen molar-refractivity contribution in [1.29, 1.82) is 0 Å². The second-order valence-electron chi connectivity index (χ2n) is 6.01. The van der Waals surface area contributed by atoms with Gasteiger partial charge in [0.25, 0.3) is 0 Å². The lowest BCUT2D eigenvalue weighted by molar-refractivity contribution is -0.126. The lowest BCUT2D eigenvalue weighted by Gasteiger charge is -2.41. The van der Waals surface area contributed by atoms with Gasteiger partial charge in [0.1, 0.15) is 0 Å². The lowest BCUT2D eigenvalue weighted by Crippen LogP contribution is -2.49. The van der Waals surface area contributed by atoms with Gasteiger partial charge in [0.05, 0.1) is 5.92 Å². The summed E-state index contributed by atoms with van der Waals surface area (Å²) in [7, 11) is 1.75. The molecule has 4 nitrogen and oxygen atoms in total. The molecule has 0 aromatic heterocycles. The van der Waals surface area contributed by atoms with Crippen LogP contribution in [0.5, 0.6) is 0 Å². The average molecular weight is 267 g/mol. The molecule has 1 heterocycles. The smallest absolute Gasteiger partial charge is 0.224 e. The zero-order chi connectivity index (χ0) is 13.7. The Morgan fingerprint density at radius 3 is 2.58 bits per heavy atom. The summed E-state index contributed by atoms with van der Waals surface area (Å²) in [6.45, 7) is 5.42. The van der Waals surface area contributed by atoms with E-state index in [9.17, 15) is 4.79 Å². The first-order valence-electron chi connectivity index (χ1n) is 7.93. The first kappa shape index (κ1) is 14.8. The Morgan fingerprint density at radius 2 is 1.95 bits per heavy atom. The van der Waals surface area contributed by atoms with Crippen LogP contribution in [0.1, 0.15) is 45.4 Å². The normalized spacial score (nSPS) is 33.1. The summed E-state index contributed by atoms with van der Waals surface area (Å²) in [6.07, 6.45) is 7.39. The summed E-state index contributed by atoms with van der Waals surface area (Å²) < 4.78 is 0. The van der Waals surface area contributed by atoms with Crippen molar-refractivity contribution >= 4 is 5.91 Å². The Balaban J connectivity index is 1.80. The molecule has 110 valence electrons. The number of likely N-dealkylation sites (tertiary alicyclic amines) is 1. The minimum absolute atomic E-state index is 0.213. The molecular weight excluding hydrogens is 238 g/mol. The Bertz CT molecular complexity index is 287. The van der Waals surface area contributed by atoms with Crippen molar-refractivity contribution in [2.24, 2.45) is 5.92 Å².